The van der Waals surface area contributed by atoms with Crippen LogP contribution in [0.3, 0.4) is 0 Å². The molecule has 2 heteroatoms. The summed E-state index contributed by atoms with van der Waals surface area (Å²) in [5, 5.41) is 12.4. The smallest absolute Gasteiger partial charge is 0.0473 e. The molecule has 2 N–H and O–H groups in total. The zero-order valence-corrected chi connectivity index (χ0v) is 9.02. The molecule has 0 aromatic rings. The molecule has 0 fully saturated rings. The van der Waals surface area contributed by atoms with Crippen molar-refractivity contribution in [1.29, 1.82) is 0 Å². The molecule has 0 aliphatic carbocycles. The minimum Gasteiger partial charge on any atom is -0.396 e. The van der Waals surface area contributed by atoms with Gasteiger partial charge in [-0.3, -0.25) is 0 Å². The maximum absolute atomic E-state index is 9.05. The molecule has 0 aromatic carbocycles. The number of aliphatic hydroxyl groups excluding tert-OH is 1. The summed E-state index contributed by atoms with van der Waals surface area (Å²) in [5.74, 6) is 0.925. The Balaban J connectivity index is 3.73. The Morgan fingerprint density at radius 2 is 1.75 bits per heavy atom. The Bertz CT molecular complexity index is 115. The molecule has 74 valence electrons. The lowest BCUT2D eigenvalue weighted by Crippen LogP contribution is -2.41. The summed E-state index contributed by atoms with van der Waals surface area (Å²) < 4.78 is 0. The molecule has 0 aliphatic rings. The van der Waals surface area contributed by atoms with Crippen LogP contribution in [0.25, 0.3) is 0 Å². The lowest BCUT2D eigenvalue weighted by Gasteiger charge is -2.26. The van der Waals surface area contributed by atoms with Crippen molar-refractivity contribution in [2.45, 2.75) is 40.2 Å². The van der Waals surface area contributed by atoms with Crippen LogP contribution < -0.4 is 5.32 Å². The summed E-state index contributed by atoms with van der Waals surface area (Å²) in [5.41, 5.74) is 0.155. The van der Waals surface area contributed by atoms with E-state index in [4.69, 9.17) is 5.11 Å². The van der Waals surface area contributed by atoms with Gasteiger partial charge < -0.3 is 10.4 Å². The Morgan fingerprint density at radius 3 is 2.00 bits per heavy atom. The fourth-order valence-corrected chi connectivity index (χ4v) is 0.948. The summed E-state index contributed by atoms with van der Waals surface area (Å²) in [6, 6.07) is 0. The molecule has 0 heterocycles. The van der Waals surface area contributed by atoms with Gasteiger partial charge in [0.05, 0.1) is 0 Å². The predicted octanol–water partition coefficient (Wildman–Crippen LogP) is 1.64. The van der Waals surface area contributed by atoms with Gasteiger partial charge in [0.25, 0.3) is 0 Å². The van der Waals surface area contributed by atoms with Crippen molar-refractivity contribution in [3.8, 4) is 0 Å². The van der Waals surface area contributed by atoms with Gasteiger partial charge in [0.2, 0.25) is 0 Å². The van der Waals surface area contributed by atoms with Crippen molar-refractivity contribution in [3.05, 3.63) is 0 Å². The molecule has 12 heavy (non-hydrogen) atoms. The number of nitrogens with one attached hydrogen (secondary N) is 1. The second-order valence-electron chi connectivity index (χ2n) is 4.82. The van der Waals surface area contributed by atoms with E-state index in [1.165, 1.54) is 0 Å². The van der Waals surface area contributed by atoms with Crippen molar-refractivity contribution in [3.63, 3.8) is 0 Å². The Kier molecular flexibility index (Phi) is 4.80. The molecular formula is C10H23NO. The van der Waals surface area contributed by atoms with Crippen molar-refractivity contribution in [2.75, 3.05) is 13.2 Å². The molecule has 0 radical (unpaired) electrons. The van der Waals surface area contributed by atoms with Gasteiger partial charge in [-0.15, -0.1) is 0 Å². The first-order valence-corrected chi connectivity index (χ1v) is 4.72. The minimum absolute atomic E-state index is 0.155. The molecule has 1 atom stereocenters. The third-order valence-electron chi connectivity index (χ3n) is 2.07. The fourth-order valence-electron chi connectivity index (χ4n) is 0.948. The van der Waals surface area contributed by atoms with E-state index in [9.17, 15) is 0 Å². The van der Waals surface area contributed by atoms with E-state index < -0.39 is 0 Å². The van der Waals surface area contributed by atoms with Gasteiger partial charge in [0.1, 0.15) is 0 Å². The fraction of sp³-hybridized carbons (Fsp3) is 1.00. The third kappa shape index (κ3) is 5.56. The summed E-state index contributed by atoms with van der Waals surface area (Å²) >= 11 is 0. The van der Waals surface area contributed by atoms with E-state index in [2.05, 4.69) is 39.9 Å². The van der Waals surface area contributed by atoms with Gasteiger partial charge in [-0.2, -0.15) is 0 Å². The summed E-state index contributed by atoms with van der Waals surface area (Å²) in [6.45, 7) is 11.9. The SMILES string of the molecule is CC(C)C(CO)CNC(C)(C)C. The highest BCUT2D eigenvalue weighted by atomic mass is 16.3. The topological polar surface area (TPSA) is 32.3 Å². The van der Waals surface area contributed by atoms with Gasteiger partial charge in [0, 0.05) is 18.7 Å². The van der Waals surface area contributed by atoms with Gasteiger partial charge >= 0.3 is 0 Å². The quantitative estimate of drug-likeness (QED) is 0.677. The average Bonchev–Trinajstić information content (AvgIpc) is 1.85. The molecule has 0 bridgehead atoms. The molecule has 0 saturated carbocycles. The highest BCUT2D eigenvalue weighted by Crippen LogP contribution is 2.10. The first-order valence-electron chi connectivity index (χ1n) is 4.72. The van der Waals surface area contributed by atoms with Crippen LogP contribution in [-0.4, -0.2) is 23.8 Å². The van der Waals surface area contributed by atoms with Crippen LogP contribution in [0.1, 0.15) is 34.6 Å². The first kappa shape index (κ1) is 11.9. The Labute approximate surface area is 76.4 Å². The van der Waals surface area contributed by atoms with Crippen LogP contribution >= 0.6 is 0 Å². The third-order valence-corrected chi connectivity index (χ3v) is 2.07. The highest BCUT2D eigenvalue weighted by Gasteiger charge is 2.15. The molecule has 0 spiro atoms. The van der Waals surface area contributed by atoms with Crippen molar-refractivity contribution < 1.29 is 5.11 Å². The Hall–Kier alpha value is -0.0800. The number of rotatable bonds is 4. The zero-order valence-electron chi connectivity index (χ0n) is 9.02. The average molecular weight is 173 g/mol. The van der Waals surface area contributed by atoms with E-state index in [1.807, 2.05) is 0 Å². The van der Waals surface area contributed by atoms with Crippen LogP contribution in [0.2, 0.25) is 0 Å². The summed E-state index contributed by atoms with van der Waals surface area (Å²) in [4.78, 5) is 0. The normalized spacial score (nSPS) is 15.2. The van der Waals surface area contributed by atoms with Gasteiger partial charge in [-0.25, -0.2) is 0 Å². The van der Waals surface area contributed by atoms with Gasteiger partial charge in [-0.1, -0.05) is 13.8 Å². The van der Waals surface area contributed by atoms with Gasteiger partial charge in [-0.05, 0) is 32.6 Å². The van der Waals surface area contributed by atoms with E-state index in [0.717, 1.165) is 6.54 Å². The molecule has 0 saturated heterocycles. The standard InChI is InChI=1S/C10H23NO/c1-8(2)9(7-12)6-11-10(3,4)5/h8-9,11-12H,6-7H2,1-5H3. The second kappa shape index (κ2) is 4.83. The maximum Gasteiger partial charge on any atom is 0.0473 e. The van der Waals surface area contributed by atoms with Crippen LogP contribution in [0.5, 0.6) is 0 Å². The minimum atomic E-state index is 0.155. The Morgan fingerprint density at radius 1 is 1.25 bits per heavy atom. The largest absolute Gasteiger partial charge is 0.396 e. The van der Waals surface area contributed by atoms with Crippen molar-refractivity contribution in [1.82, 2.24) is 5.32 Å². The van der Waals surface area contributed by atoms with Crippen molar-refractivity contribution in [2.24, 2.45) is 11.8 Å². The van der Waals surface area contributed by atoms with E-state index in [0.29, 0.717) is 11.8 Å². The molecule has 2 nitrogen and oxygen atoms in total. The second-order valence-corrected chi connectivity index (χ2v) is 4.82. The first-order chi connectivity index (χ1) is 5.37. The maximum atomic E-state index is 9.05. The molecule has 1 unspecified atom stereocenters. The lowest BCUT2D eigenvalue weighted by atomic mass is 9.95. The van der Waals surface area contributed by atoms with E-state index in [-0.39, 0.29) is 12.1 Å². The summed E-state index contributed by atoms with van der Waals surface area (Å²) in [6.07, 6.45) is 0. The van der Waals surface area contributed by atoms with Gasteiger partial charge in [0.15, 0.2) is 0 Å². The number of hydrogen-bond acceptors (Lipinski definition) is 2. The number of hydrogen-bond donors (Lipinski definition) is 2. The predicted molar refractivity (Wildman–Crippen MR) is 53.2 cm³/mol. The molecule has 0 rings (SSSR count). The summed E-state index contributed by atoms with van der Waals surface area (Å²) in [7, 11) is 0. The van der Waals surface area contributed by atoms with Crippen LogP contribution in [-0.2, 0) is 0 Å². The zero-order chi connectivity index (χ0) is 9.78. The van der Waals surface area contributed by atoms with Crippen molar-refractivity contribution >= 4 is 0 Å². The lowest BCUT2D eigenvalue weighted by molar-refractivity contribution is 0.177. The molecule has 0 amide bonds. The number of aliphatic hydroxyl groups is 1. The monoisotopic (exact) mass is 173 g/mol. The highest BCUT2D eigenvalue weighted by molar-refractivity contribution is 4.74. The van der Waals surface area contributed by atoms with Crippen LogP contribution in [0.4, 0.5) is 0 Å². The molecule has 0 aromatic heterocycles. The van der Waals surface area contributed by atoms with E-state index >= 15 is 0 Å². The molecular weight excluding hydrogens is 150 g/mol. The van der Waals surface area contributed by atoms with Crippen LogP contribution in [0.15, 0.2) is 0 Å². The molecule has 0 aliphatic heterocycles. The van der Waals surface area contributed by atoms with Crippen LogP contribution in [0, 0.1) is 11.8 Å². The van der Waals surface area contributed by atoms with E-state index in [1.54, 1.807) is 0 Å².